The van der Waals surface area contributed by atoms with Crippen LogP contribution in [0.25, 0.3) is 0 Å². The van der Waals surface area contributed by atoms with Crippen LogP contribution < -0.4 is 0 Å². The van der Waals surface area contributed by atoms with E-state index in [1.807, 2.05) is 13.0 Å². The Morgan fingerprint density at radius 1 is 1.30 bits per heavy atom. The molecule has 0 amide bonds. The summed E-state index contributed by atoms with van der Waals surface area (Å²) in [5.41, 5.74) is 0. The fraction of sp³-hybridized carbons (Fsp3) is 0.667. The quantitative estimate of drug-likeness (QED) is 0.422. The molecule has 10 heavy (non-hydrogen) atoms. The molecule has 1 fully saturated rings. The maximum atomic E-state index is 10.5. The van der Waals surface area contributed by atoms with Crippen molar-refractivity contribution in [2.75, 3.05) is 0 Å². The minimum Gasteiger partial charge on any atom is -0.303 e. The summed E-state index contributed by atoms with van der Waals surface area (Å²) in [5.74, 6) is 0.860. The van der Waals surface area contributed by atoms with Crippen LogP contribution in [-0.2, 0) is 4.79 Å². The number of carbonyl (C=O) groups excluding carboxylic acids is 1. The average Bonchev–Trinajstić information content (AvgIpc) is 2.36. The van der Waals surface area contributed by atoms with Crippen molar-refractivity contribution in [3.05, 3.63) is 12.2 Å². The molecule has 1 heteroatoms. The Balaban J connectivity index is 2.49. The minimum absolute atomic E-state index is 0.316. The van der Waals surface area contributed by atoms with E-state index in [0.29, 0.717) is 11.8 Å². The SMILES string of the molecule is C/C=C/[C@@H]1CCC[C@H]1C=O. The minimum atomic E-state index is 0.316. The molecule has 0 radical (unpaired) electrons. The highest BCUT2D eigenvalue weighted by Gasteiger charge is 2.23. The number of hydrogen-bond donors (Lipinski definition) is 0. The summed E-state index contributed by atoms with van der Waals surface area (Å²) in [4.78, 5) is 10.5. The highest BCUT2D eigenvalue weighted by atomic mass is 16.1. The van der Waals surface area contributed by atoms with Crippen molar-refractivity contribution in [2.45, 2.75) is 26.2 Å². The molecule has 0 saturated heterocycles. The van der Waals surface area contributed by atoms with Gasteiger partial charge in [0, 0.05) is 5.92 Å². The zero-order chi connectivity index (χ0) is 7.40. The second-order valence-electron chi connectivity index (χ2n) is 2.92. The molecule has 0 spiro atoms. The standard InChI is InChI=1S/C9H14O/c1-2-4-8-5-3-6-9(8)7-10/h2,4,7-9H,3,5-6H2,1H3/b4-2+/t8-,9+/m1/s1. The summed E-state index contributed by atoms with van der Waals surface area (Å²) in [7, 11) is 0. The summed E-state index contributed by atoms with van der Waals surface area (Å²) in [6.07, 6.45) is 8.83. The molecule has 0 aliphatic heterocycles. The Morgan fingerprint density at radius 2 is 2.00 bits per heavy atom. The number of hydrogen-bond acceptors (Lipinski definition) is 1. The predicted molar refractivity (Wildman–Crippen MR) is 41.7 cm³/mol. The smallest absolute Gasteiger partial charge is 0.123 e. The first-order chi connectivity index (χ1) is 4.88. The van der Waals surface area contributed by atoms with Crippen LogP contribution in [0, 0.1) is 11.8 Å². The number of allylic oxidation sites excluding steroid dienone is 2. The summed E-state index contributed by atoms with van der Waals surface area (Å²) in [6.45, 7) is 2.01. The predicted octanol–water partition coefficient (Wildman–Crippen LogP) is 2.18. The van der Waals surface area contributed by atoms with E-state index in [1.54, 1.807) is 0 Å². The Kier molecular flexibility index (Phi) is 2.67. The third-order valence-electron chi connectivity index (χ3n) is 2.24. The molecule has 1 saturated carbocycles. The molecule has 0 unspecified atom stereocenters. The van der Waals surface area contributed by atoms with Crippen molar-refractivity contribution >= 4 is 6.29 Å². The van der Waals surface area contributed by atoms with E-state index >= 15 is 0 Å². The van der Waals surface area contributed by atoms with Crippen molar-refractivity contribution in [1.82, 2.24) is 0 Å². The van der Waals surface area contributed by atoms with E-state index in [-0.39, 0.29) is 0 Å². The summed E-state index contributed by atoms with van der Waals surface area (Å²) >= 11 is 0. The highest BCUT2D eigenvalue weighted by Crippen LogP contribution is 2.30. The Bertz CT molecular complexity index is 138. The van der Waals surface area contributed by atoms with E-state index in [9.17, 15) is 4.79 Å². The molecule has 0 aromatic carbocycles. The summed E-state index contributed by atoms with van der Waals surface area (Å²) in [5, 5.41) is 0. The van der Waals surface area contributed by atoms with Crippen molar-refractivity contribution in [1.29, 1.82) is 0 Å². The summed E-state index contributed by atoms with van der Waals surface area (Å²) < 4.78 is 0. The maximum Gasteiger partial charge on any atom is 0.123 e. The van der Waals surface area contributed by atoms with Gasteiger partial charge in [-0.1, -0.05) is 18.6 Å². The van der Waals surface area contributed by atoms with Crippen molar-refractivity contribution < 1.29 is 4.79 Å². The number of aldehydes is 1. The van der Waals surface area contributed by atoms with E-state index in [2.05, 4.69) is 6.08 Å². The maximum absolute atomic E-state index is 10.5. The van der Waals surface area contributed by atoms with Gasteiger partial charge >= 0.3 is 0 Å². The van der Waals surface area contributed by atoms with Gasteiger partial charge < -0.3 is 4.79 Å². The lowest BCUT2D eigenvalue weighted by Crippen LogP contribution is -2.05. The fourth-order valence-corrected chi connectivity index (χ4v) is 1.67. The molecule has 0 aromatic heterocycles. The lowest BCUT2D eigenvalue weighted by atomic mass is 9.97. The van der Waals surface area contributed by atoms with Crippen LogP contribution in [0.3, 0.4) is 0 Å². The van der Waals surface area contributed by atoms with Crippen LogP contribution in [0.15, 0.2) is 12.2 Å². The lowest BCUT2D eigenvalue weighted by Gasteiger charge is -2.06. The molecule has 0 N–H and O–H groups in total. The van der Waals surface area contributed by atoms with Gasteiger partial charge in [0.05, 0.1) is 0 Å². The first-order valence-electron chi connectivity index (χ1n) is 3.96. The third kappa shape index (κ3) is 1.47. The van der Waals surface area contributed by atoms with Crippen LogP contribution in [-0.4, -0.2) is 6.29 Å². The summed E-state index contributed by atoms with van der Waals surface area (Å²) in [6, 6.07) is 0. The van der Waals surface area contributed by atoms with Crippen LogP contribution in [0.2, 0.25) is 0 Å². The van der Waals surface area contributed by atoms with Gasteiger partial charge in [0.25, 0.3) is 0 Å². The molecule has 1 aliphatic rings. The van der Waals surface area contributed by atoms with Crippen molar-refractivity contribution in [3.63, 3.8) is 0 Å². The third-order valence-corrected chi connectivity index (χ3v) is 2.24. The molecule has 1 aliphatic carbocycles. The molecule has 0 aromatic rings. The second-order valence-corrected chi connectivity index (χ2v) is 2.92. The Morgan fingerprint density at radius 3 is 2.60 bits per heavy atom. The van der Waals surface area contributed by atoms with Crippen LogP contribution in [0.5, 0.6) is 0 Å². The van der Waals surface area contributed by atoms with Gasteiger partial charge in [0.15, 0.2) is 0 Å². The molecule has 0 bridgehead atoms. The molecule has 56 valence electrons. The van der Waals surface area contributed by atoms with Gasteiger partial charge in [0.1, 0.15) is 6.29 Å². The van der Waals surface area contributed by atoms with Gasteiger partial charge in [-0.25, -0.2) is 0 Å². The van der Waals surface area contributed by atoms with E-state index in [0.717, 1.165) is 12.7 Å². The molecular weight excluding hydrogens is 124 g/mol. The van der Waals surface area contributed by atoms with Crippen molar-refractivity contribution in [3.8, 4) is 0 Å². The van der Waals surface area contributed by atoms with Gasteiger partial charge in [-0.05, 0) is 25.7 Å². The van der Waals surface area contributed by atoms with Crippen molar-refractivity contribution in [2.24, 2.45) is 11.8 Å². The zero-order valence-corrected chi connectivity index (χ0v) is 6.42. The number of carbonyl (C=O) groups is 1. The van der Waals surface area contributed by atoms with Crippen LogP contribution in [0.4, 0.5) is 0 Å². The second kappa shape index (κ2) is 3.55. The van der Waals surface area contributed by atoms with Crippen LogP contribution in [0.1, 0.15) is 26.2 Å². The first-order valence-corrected chi connectivity index (χ1v) is 3.96. The molecule has 1 rings (SSSR count). The zero-order valence-electron chi connectivity index (χ0n) is 6.42. The largest absolute Gasteiger partial charge is 0.303 e. The monoisotopic (exact) mass is 138 g/mol. The van der Waals surface area contributed by atoms with Crippen LogP contribution >= 0.6 is 0 Å². The molecule has 1 nitrogen and oxygen atoms in total. The molecule has 0 heterocycles. The van der Waals surface area contributed by atoms with E-state index in [4.69, 9.17) is 0 Å². The Hall–Kier alpha value is -0.590. The van der Waals surface area contributed by atoms with Gasteiger partial charge in [-0.2, -0.15) is 0 Å². The highest BCUT2D eigenvalue weighted by molar-refractivity contribution is 5.55. The van der Waals surface area contributed by atoms with E-state index in [1.165, 1.54) is 12.8 Å². The van der Waals surface area contributed by atoms with Gasteiger partial charge in [-0.3, -0.25) is 0 Å². The topological polar surface area (TPSA) is 17.1 Å². The normalized spacial score (nSPS) is 33.3. The van der Waals surface area contributed by atoms with Gasteiger partial charge in [0.2, 0.25) is 0 Å². The van der Waals surface area contributed by atoms with Gasteiger partial charge in [-0.15, -0.1) is 0 Å². The van der Waals surface area contributed by atoms with E-state index < -0.39 is 0 Å². The first kappa shape index (κ1) is 7.52. The Labute approximate surface area is 62.1 Å². The fourth-order valence-electron chi connectivity index (χ4n) is 1.67. The molecule has 2 atom stereocenters. The average molecular weight is 138 g/mol. The molecular formula is C9H14O. The number of rotatable bonds is 2. The lowest BCUT2D eigenvalue weighted by molar-refractivity contribution is -0.111.